The Morgan fingerprint density at radius 3 is 2.48 bits per heavy atom. The van der Waals surface area contributed by atoms with E-state index in [1.807, 2.05) is 18.3 Å². The van der Waals surface area contributed by atoms with Crippen LogP contribution in [0.2, 0.25) is 0 Å². The average Bonchev–Trinajstić information content (AvgIpc) is 3.22. The molecule has 3 aromatic rings. The van der Waals surface area contributed by atoms with Crippen LogP contribution in [-0.4, -0.2) is 36.1 Å². The molecule has 1 fully saturated rings. The van der Waals surface area contributed by atoms with Crippen LogP contribution in [0.5, 0.6) is 0 Å². The Bertz CT molecular complexity index is 910. The van der Waals surface area contributed by atoms with Crippen LogP contribution in [0.25, 0.3) is 10.2 Å². The van der Waals surface area contributed by atoms with Gasteiger partial charge in [0.15, 0.2) is 0 Å². The highest BCUT2D eigenvalue weighted by Gasteiger charge is 2.26. The van der Waals surface area contributed by atoms with E-state index < -0.39 is 0 Å². The van der Waals surface area contributed by atoms with E-state index in [1.54, 1.807) is 4.88 Å². The van der Waals surface area contributed by atoms with Crippen molar-refractivity contribution in [3.63, 3.8) is 0 Å². The van der Waals surface area contributed by atoms with Crippen LogP contribution in [0, 0.1) is 6.92 Å². The Labute approximate surface area is 152 Å². The molecule has 0 unspecified atom stereocenters. The molecule has 1 saturated heterocycles. The fourth-order valence-electron chi connectivity index (χ4n) is 4.12. The predicted octanol–water partition coefficient (Wildman–Crippen LogP) is 3.82. The number of hydrogen-bond acceptors (Lipinski definition) is 5. The first kappa shape index (κ1) is 15.1. The number of aryl methyl sites for hydroxylation is 3. The Morgan fingerprint density at radius 2 is 1.68 bits per heavy atom. The molecule has 2 aliphatic rings. The van der Waals surface area contributed by atoms with E-state index in [0.717, 1.165) is 32.0 Å². The molecule has 1 aliphatic carbocycles. The monoisotopic (exact) mass is 350 g/mol. The molecule has 4 nitrogen and oxygen atoms in total. The summed E-state index contributed by atoms with van der Waals surface area (Å²) in [6.45, 7) is 6.14. The van der Waals surface area contributed by atoms with Crippen molar-refractivity contribution < 1.29 is 0 Å². The van der Waals surface area contributed by atoms with Crippen LogP contribution in [0.3, 0.4) is 0 Å². The van der Waals surface area contributed by atoms with Gasteiger partial charge in [-0.1, -0.05) is 18.2 Å². The third kappa shape index (κ3) is 2.58. The van der Waals surface area contributed by atoms with Gasteiger partial charge in [-0.2, -0.15) is 0 Å². The van der Waals surface area contributed by atoms with Crippen LogP contribution >= 0.6 is 11.3 Å². The quantitative estimate of drug-likeness (QED) is 0.703. The highest BCUT2D eigenvalue weighted by Crippen LogP contribution is 2.40. The van der Waals surface area contributed by atoms with E-state index in [-0.39, 0.29) is 0 Å². The highest BCUT2D eigenvalue weighted by atomic mass is 32.1. The summed E-state index contributed by atoms with van der Waals surface area (Å²) in [7, 11) is 0. The molecule has 0 spiro atoms. The van der Waals surface area contributed by atoms with E-state index in [0.29, 0.717) is 0 Å². The summed E-state index contributed by atoms with van der Waals surface area (Å²) in [6, 6.07) is 10.7. The number of piperazine rings is 1. The smallest absolute Gasteiger partial charge is 0.141 e. The lowest BCUT2D eigenvalue weighted by molar-refractivity contribution is 0.648. The van der Waals surface area contributed by atoms with Crippen LogP contribution in [0.1, 0.15) is 22.7 Å². The number of nitrogens with zero attached hydrogens (tertiary/aromatic N) is 4. The molecule has 1 aromatic carbocycles. The highest BCUT2D eigenvalue weighted by molar-refractivity contribution is 7.19. The van der Waals surface area contributed by atoms with Crippen molar-refractivity contribution in [3.05, 3.63) is 46.6 Å². The number of rotatable bonds is 2. The third-order valence-electron chi connectivity index (χ3n) is 5.36. The maximum atomic E-state index is 4.88. The fraction of sp³-hybridized carbons (Fsp3) is 0.400. The zero-order valence-electron chi connectivity index (χ0n) is 14.5. The minimum Gasteiger partial charge on any atom is -0.368 e. The topological polar surface area (TPSA) is 32.3 Å². The van der Waals surface area contributed by atoms with E-state index in [2.05, 4.69) is 40.1 Å². The van der Waals surface area contributed by atoms with Gasteiger partial charge in [0, 0.05) is 36.7 Å². The van der Waals surface area contributed by atoms with Crippen molar-refractivity contribution in [2.75, 3.05) is 36.0 Å². The van der Waals surface area contributed by atoms with Crippen molar-refractivity contribution in [1.82, 2.24) is 9.97 Å². The summed E-state index contributed by atoms with van der Waals surface area (Å²) in [6.07, 6.45) is 3.70. The number of fused-ring (bicyclic) bond motifs is 3. The van der Waals surface area contributed by atoms with Gasteiger partial charge in [-0.05, 0) is 43.9 Å². The van der Waals surface area contributed by atoms with E-state index in [9.17, 15) is 0 Å². The summed E-state index contributed by atoms with van der Waals surface area (Å²) >= 11 is 1.89. The van der Waals surface area contributed by atoms with Gasteiger partial charge in [0.2, 0.25) is 0 Å². The summed E-state index contributed by atoms with van der Waals surface area (Å²) in [4.78, 5) is 17.3. The number of para-hydroxylation sites is 1. The van der Waals surface area contributed by atoms with Crippen molar-refractivity contribution in [3.8, 4) is 0 Å². The van der Waals surface area contributed by atoms with Crippen molar-refractivity contribution in [1.29, 1.82) is 0 Å². The fourth-order valence-corrected chi connectivity index (χ4v) is 5.43. The first-order valence-corrected chi connectivity index (χ1v) is 9.95. The van der Waals surface area contributed by atoms with E-state index in [1.165, 1.54) is 46.5 Å². The Kier molecular flexibility index (Phi) is 3.63. The SMILES string of the molecule is Cc1nc(N2CCN(c3ccccc3)CC2)c2c3c(sc2n1)CCC3. The number of aromatic nitrogens is 2. The minimum atomic E-state index is 0.896. The predicted molar refractivity (Wildman–Crippen MR) is 105 cm³/mol. The second kappa shape index (κ2) is 5.99. The van der Waals surface area contributed by atoms with Crippen LogP contribution in [0.15, 0.2) is 30.3 Å². The second-order valence-corrected chi connectivity index (χ2v) is 8.03. The van der Waals surface area contributed by atoms with Gasteiger partial charge in [-0.3, -0.25) is 0 Å². The number of anilines is 2. The van der Waals surface area contributed by atoms with Crippen molar-refractivity contribution >= 4 is 33.1 Å². The molecule has 0 N–H and O–H groups in total. The molecule has 1 aliphatic heterocycles. The van der Waals surface area contributed by atoms with Crippen molar-refractivity contribution in [2.45, 2.75) is 26.2 Å². The number of thiophene rings is 1. The molecular weight excluding hydrogens is 328 g/mol. The standard InChI is InChI=1S/C20H22N4S/c1-14-21-19(18-16-8-5-9-17(16)25-20(18)22-14)24-12-10-23(11-13-24)15-6-3-2-4-7-15/h2-4,6-7H,5,8-13H2,1H3. The molecule has 0 bridgehead atoms. The zero-order chi connectivity index (χ0) is 16.8. The molecule has 0 amide bonds. The molecule has 0 atom stereocenters. The Morgan fingerprint density at radius 1 is 0.920 bits per heavy atom. The maximum absolute atomic E-state index is 4.88. The molecule has 0 radical (unpaired) electrons. The first-order chi connectivity index (χ1) is 12.3. The summed E-state index contributed by atoms with van der Waals surface area (Å²) < 4.78 is 0. The van der Waals surface area contributed by atoms with E-state index >= 15 is 0 Å². The summed E-state index contributed by atoms with van der Waals surface area (Å²) in [5.74, 6) is 2.07. The largest absolute Gasteiger partial charge is 0.368 e. The van der Waals surface area contributed by atoms with E-state index in [4.69, 9.17) is 9.97 Å². The lowest BCUT2D eigenvalue weighted by atomic mass is 10.1. The molecule has 128 valence electrons. The zero-order valence-corrected chi connectivity index (χ0v) is 15.4. The molecule has 3 heterocycles. The van der Waals surface area contributed by atoms with Gasteiger partial charge in [-0.25, -0.2) is 9.97 Å². The number of benzene rings is 1. The summed E-state index contributed by atoms with van der Waals surface area (Å²) in [5, 5.41) is 1.34. The minimum absolute atomic E-state index is 0.896. The normalized spacial score (nSPS) is 17.3. The lowest BCUT2D eigenvalue weighted by Gasteiger charge is -2.37. The molecular formula is C20H22N4S. The number of hydrogen-bond donors (Lipinski definition) is 0. The van der Waals surface area contributed by atoms with Gasteiger partial charge in [0.1, 0.15) is 16.5 Å². The van der Waals surface area contributed by atoms with Crippen LogP contribution < -0.4 is 9.80 Å². The molecule has 25 heavy (non-hydrogen) atoms. The lowest BCUT2D eigenvalue weighted by Crippen LogP contribution is -2.47. The Balaban J connectivity index is 1.46. The second-order valence-electron chi connectivity index (χ2n) is 6.94. The third-order valence-corrected chi connectivity index (χ3v) is 6.54. The molecule has 5 heteroatoms. The van der Waals surface area contributed by atoms with Gasteiger partial charge in [-0.15, -0.1) is 11.3 Å². The van der Waals surface area contributed by atoms with Gasteiger partial charge < -0.3 is 9.80 Å². The Hall–Kier alpha value is -2.14. The van der Waals surface area contributed by atoms with Crippen LogP contribution in [0.4, 0.5) is 11.5 Å². The van der Waals surface area contributed by atoms with Crippen molar-refractivity contribution in [2.24, 2.45) is 0 Å². The average molecular weight is 350 g/mol. The van der Waals surface area contributed by atoms with Crippen LogP contribution in [-0.2, 0) is 12.8 Å². The van der Waals surface area contributed by atoms with Gasteiger partial charge in [0.25, 0.3) is 0 Å². The molecule has 2 aromatic heterocycles. The first-order valence-electron chi connectivity index (χ1n) is 9.13. The van der Waals surface area contributed by atoms with Gasteiger partial charge in [0.05, 0.1) is 5.39 Å². The maximum Gasteiger partial charge on any atom is 0.141 e. The summed E-state index contributed by atoms with van der Waals surface area (Å²) in [5.41, 5.74) is 2.85. The molecule has 5 rings (SSSR count). The molecule has 0 saturated carbocycles. The van der Waals surface area contributed by atoms with Gasteiger partial charge >= 0.3 is 0 Å².